The van der Waals surface area contributed by atoms with Gasteiger partial charge in [-0.1, -0.05) is 30.3 Å². The van der Waals surface area contributed by atoms with Crippen LogP contribution in [0.5, 0.6) is 11.5 Å². The van der Waals surface area contributed by atoms with Gasteiger partial charge >= 0.3 is 0 Å². The number of ether oxygens (including phenoxy) is 2. The fourth-order valence-electron chi connectivity index (χ4n) is 5.01. The van der Waals surface area contributed by atoms with Crippen LogP contribution >= 0.6 is 0 Å². The van der Waals surface area contributed by atoms with E-state index < -0.39 is 11.6 Å². The van der Waals surface area contributed by atoms with Crippen LogP contribution in [0, 0.1) is 18.6 Å². The van der Waals surface area contributed by atoms with Gasteiger partial charge in [-0.2, -0.15) is 0 Å². The van der Waals surface area contributed by atoms with Crippen molar-refractivity contribution < 1.29 is 27.8 Å². The summed E-state index contributed by atoms with van der Waals surface area (Å²) in [5, 5.41) is 0. The Balaban J connectivity index is 1.40. The van der Waals surface area contributed by atoms with Crippen molar-refractivity contribution in [1.29, 1.82) is 0 Å². The molecule has 1 saturated heterocycles. The monoisotopic (exact) mass is 545 g/mol. The summed E-state index contributed by atoms with van der Waals surface area (Å²) in [6, 6.07) is 19.5. The second-order valence-corrected chi connectivity index (χ2v) is 9.51. The van der Waals surface area contributed by atoms with Gasteiger partial charge < -0.3 is 23.8 Å². The van der Waals surface area contributed by atoms with Gasteiger partial charge in [-0.15, -0.1) is 0 Å². The molecule has 0 spiro atoms. The highest BCUT2D eigenvalue weighted by atomic mass is 19.1. The van der Waals surface area contributed by atoms with Crippen LogP contribution in [0.1, 0.15) is 26.4 Å². The summed E-state index contributed by atoms with van der Waals surface area (Å²) in [6.07, 6.45) is 0. The molecule has 0 N–H and O–H groups in total. The van der Waals surface area contributed by atoms with E-state index in [4.69, 9.17) is 9.47 Å². The number of amides is 2. The first kappa shape index (κ1) is 26.9. The summed E-state index contributed by atoms with van der Waals surface area (Å²) in [5.74, 6) is -0.762. The number of rotatable bonds is 6. The normalized spacial score (nSPS) is 13.3. The molecule has 7 nitrogen and oxygen atoms in total. The van der Waals surface area contributed by atoms with E-state index in [0.717, 1.165) is 11.6 Å². The Hall–Kier alpha value is -4.66. The topological polar surface area (TPSA) is 64.0 Å². The zero-order chi connectivity index (χ0) is 28.4. The van der Waals surface area contributed by atoms with E-state index in [2.05, 4.69) is 0 Å². The first-order valence-corrected chi connectivity index (χ1v) is 12.9. The van der Waals surface area contributed by atoms with Gasteiger partial charge in [0.2, 0.25) is 0 Å². The standard InChI is InChI=1S/C31H29F2N3O4/c1-20-26(19-29(21-7-5-4-6-8-21)36(20)28-10-9-23(32)17-27(28)33)31(38)35-13-11-34(12-14-35)30(37)22-15-24(39-2)18-25(16-22)40-3/h4-10,15-19H,11-14H2,1-3H3. The third kappa shape index (κ3) is 5.14. The number of aromatic nitrogens is 1. The van der Waals surface area contributed by atoms with E-state index in [1.54, 1.807) is 45.6 Å². The molecule has 2 heterocycles. The largest absolute Gasteiger partial charge is 0.497 e. The highest BCUT2D eigenvalue weighted by molar-refractivity contribution is 5.98. The van der Waals surface area contributed by atoms with E-state index in [1.165, 1.54) is 26.4 Å². The summed E-state index contributed by atoms with van der Waals surface area (Å²) in [7, 11) is 3.05. The summed E-state index contributed by atoms with van der Waals surface area (Å²) in [5.41, 5.74) is 2.96. The lowest BCUT2D eigenvalue weighted by Gasteiger charge is -2.35. The van der Waals surface area contributed by atoms with Gasteiger partial charge in [-0.3, -0.25) is 9.59 Å². The van der Waals surface area contributed by atoms with Crippen LogP contribution < -0.4 is 9.47 Å². The van der Waals surface area contributed by atoms with Gasteiger partial charge in [0.05, 0.1) is 31.2 Å². The molecule has 0 radical (unpaired) electrons. The molecule has 40 heavy (non-hydrogen) atoms. The minimum atomic E-state index is -0.726. The number of nitrogens with zero attached hydrogens (tertiary/aromatic N) is 3. The number of hydrogen-bond acceptors (Lipinski definition) is 4. The first-order valence-electron chi connectivity index (χ1n) is 12.9. The van der Waals surface area contributed by atoms with Gasteiger partial charge in [0, 0.05) is 49.6 Å². The predicted octanol–water partition coefficient (Wildman–Crippen LogP) is 5.35. The van der Waals surface area contributed by atoms with Crippen molar-refractivity contribution in [2.75, 3.05) is 40.4 Å². The van der Waals surface area contributed by atoms with Crippen molar-refractivity contribution in [3.05, 3.63) is 101 Å². The molecule has 1 fully saturated rings. The summed E-state index contributed by atoms with van der Waals surface area (Å²) >= 11 is 0. The maximum absolute atomic E-state index is 14.9. The van der Waals surface area contributed by atoms with E-state index in [1.807, 2.05) is 30.3 Å². The minimum Gasteiger partial charge on any atom is -0.497 e. The molecule has 1 aliphatic rings. The third-order valence-electron chi connectivity index (χ3n) is 7.15. The van der Waals surface area contributed by atoms with Crippen LogP contribution in [-0.4, -0.2) is 66.6 Å². The van der Waals surface area contributed by atoms with E-state index in [9.17, 15) is 18.4 Å². The Morgan fingerprint density at radius 2 is 1.35 bits per heavy atom. The molecule has 1 aromatic heterocycles. The maximum atomic E-state index is 14.9. The number of methoxy groups -OCH3 is 2. The van der Waals surface area contributed by atoms with Crippen molar-refractivity contribution in [1.82, 2.24) is 14.4 Å². The van der Waals surface area contributed by atoms with E-state index >= 15 is 0 Å². The molecule has 2 amide bonds. The quantitative estimate of drug-likeness (QED) is 0.328. The molecule has 0 saturated carbocycles. The molecule has 1 aliphatic heterocycles. The molecule has 4 aromatic rings. The molecule has 9 heteroatoms. The number of piperazine rings is 1. The number of hydrogen-bond donors (Lipinski definition) is 0. The fraction of sp³-hybridized carbons (Fsp3) is 0.226. The van der Waals surface area contributed by atoms with Gasteiger partial charge in [-0.05, 0) is 42.8 Å². The lowest BCUT2D eigenvalue weighted by molar-refractivity contribution is 0.0534. The Morgan fingerprint density at radius 3 is 1.93 bits per heavy atom. The minimum absolute atomic E-state index is 0.154. The van der Waals surface area contributed by atoms with Crippen molar-refractivity contribution >= 4 is 11.8 Å². The molecule has 0 aliphatic carbocycles. The lowest BCUT2D eigenvalue weighted by Crippen LogP contribution is -2.50. The Bertz CT molecular complexity index is 1540. The lowest BCUT2D eigenvalue weighted by atomic mass is 10.1. The van der Waals surface area contributed by atoms with Crippen molar-refractivity contribution in [2.24, 2.45) is 0 Å². The second kappa shape index (κ2) is 11.2. The second-order valence-electron chi connectivity index (χ2n) is 9.51. The zero-order valence-electron chi connectivity index (χ0n) is 22.5. The molecule has 0 atom stereocenters. The fourth-order valence-corrected chi connectivity index (χ4v) is 5.01. The third-order valence-corrected chi connectivity index (χ3v) is 7.15. The first-order chi connectivity index (χ1) is 19.3. The number of carbonyl (C=O) groups is 2. The van der Waals surface area contributed by atoms with Crippen LogP contribution in [0.4, 0.5) is 8.78 Å². The van der Waals surface area contributed by atoms with Crippen molar-refractivity contribution in [3.8, 4) is 28.4 Å². The average molecular weight is 546 g/mol. The summed E-state index contributed by atoms with van der Waals surface area (Å²) < 4.78 is 40.8. The molecular formula is C31H29F2N3O4. The van der Waals surface area contributed by atoms with Crippen LogP contribution in [-0.2, 0) is 0 Å². The molecule has 3 aromatic carbocycles. The Labute approximate surface area is 231 Å². The van der Waals surface area contributed by atoms with Crippen molar-refractivity contribution in [2.45, 2.75) is 6.92 Å². The Kier molecular flexibility index (Phi) is 7.55. The zero-order valence-corrected chi connectivity index (χ0v) is 22.5. The SMILES string of the molecule is COc1cc(OC)cc(C(=O)N2CCN(C(=O)c3cc(-c4ccccc4)n(-c4ccc(F)cc4F)c3C)CC2)c1. The molecule has 5 rings (SSSR count). The molecule has 0 unspecified atom stereocenters. The maximum Gasteiger partial charge on any atom is 0.255 e. The van der Waals surface area contributed by atoms with Gasteiger partial charge in [0.1, 0.15) is 23.1 Å². The summed E-state index contributed by atoms with van der Waals surface area (Å²) in [6.45, 7) is 3.12. The van der Waals surface area contributed by atoms with Gasteiger partial charge in [0.15, 0.2) is 0 Å². The predicted molar refractivity (Wildman–Crippen MR) is 147 cm³/mol. The molecule has 0 bridgehead atoms. The number of carbonyl (C=O) groups excluding carboxylic acids is 2. The number of benzene rings is 3. The van der Waals surface area contributed by atoms with Gasteiger partial charge in [-0.25, -0.2) is 8.78 Å². The average Bonchev–Trinajstić information content (AvgIpc) is 3.33. The van der Waals surface area contributed by atoms with Crippen LogP contribution in [0.3, 0.4) is 0 Å². The molecule has 206 valence electrons. The van der Waals surface area contributed by atoms with Gasteiger partial charge in [0.25, 0.3) is 11.8 Å². The highest BCUT2D eigenvalue weighted by Crippen LogP contribution is 2.32. The van der Waals surface area contributed by atoms with E-state index in [0.29, 0.717) is 60.2 Å². The van der Waals surface area contributed by atoms with Crippen LogP contribution in [0.25, 0.3) is 16.9 Å². The molecular weight excluding hydrogens is 516 g/mol. The van der Waals surface area contributed by atoms with Crippen LogP contribution in [0.2, 0.25) is 0 Å². The number of halogens is 2. The van der Waals surface area contributed by atoms with E-state index in [-0.39, 0.29) is 17.5 Å². The Morgan fingerprint density at radius 1 is 0.750 bits per heavy atom. The smallest absolute Gasteiger partial charge is 0.255 e. The highest BCUT2D eigenvalue weighted by Gasteiger charge is 2.29. The van der Waals surface area contributed by atoms with Crippen molar-refractivity contribution in [3.63, 3.8) is 0 Å². The van der Waals surface area contributed by atoms with Crippen LogP contribution in [0.15, 0.2) is 72.8 Å². The summed E-state index contributed by atoms with van der Waals surface area (Å²) in [4.78, 5) is 30.3.